The summed E-state index contributed by atoms with van der Waals surface area (Å²) in [6.07, 6.45) is 0. The number of furan rings is 1. The molecule has 0 fully saturated rings. The maximum Gasteiger partial charge on any atom is 0.164 e. The molecule has 0 saturated heterocycles. The van der Waals surface area contributed by atoms with E-state index >= 15 is 0 Å². The van der Waals surface area contributed by atoms with Crippen LogP contribution in [0.15, 0.2) is 192 Å². The fraction of sp³-hybridized carbons (Fsp3) is 0. The second kappa shape index (κ2) is 13.3. The molecule has 3 aromatic heterocycles. The molecule has 0 N–H and O–H groups in total. The van der Waals surface area contributed by atoms with Crippen molar-refractivity contribution in [3.8, 4) is 67.5 Å². The largest absolute Gasteiger partial charge is 0.456 e. The van der Waals surface area contributed by atoms with E-state index in [0.29, 0.717) is 17.5 Å². The van der Waals surface area contributed by atoms with Gasteiger partial charge in [0.2, 0.25) is 0 Å². The Balaban J connectivity index is 1.03. The highest BCUT2D eigenvalue weighted by atomic mass is 32.1. The number of thiophene rings is 1. The van der Waals surface area contributed by atoms with Crippen molar-refractivity contribution in [3.63, 3.8) is 0 Å². The minimum Gasteiger partial charge on any atom is -0.456 e. The average molecular weight is 734 g/mol. The SMILES string of the molecule is c1ccc(-c2nc(-c3ccccc3)nc(-c3cccc4oc5cc(-c6cccc(-c7cc(-c8ccccc8)c8sc9ccccc9c8c7)c6)ccc5c34)n2)cc1. The molecule has 11 aromatic rings. The molecule has 11 rings (SSSR count). The Morgan fingerprint density at radius 3 is 1.66 bits per heavy atom. The number of nitrogens with zero attached hydrogens (tertiary/aromatic N) is 3. The number of hydrogen-bond donors (Lipinski definition) is 0. The van der Waals surface area contributed by atoms with E-state index in [1.165, 1.54) is 42.4 Å². The van der Waals surface area contributed by atoms with Gasteiger partial charge in [0.25, 0.3) is 0 Å². The van der Waals surface area contributed by atoms with Crippen LogP contribution >= 0.6 is 11.3 Å². The predicted molar refractivity (Wildman–Crippen MR) is 233 cm³/mol. The third kappa shape index (κ3) is 5.56. The standard InChI is InChI=1S/C51H31N3OS/c1-4-14-32(15-5-1)42-29-38(30-43-39-22-10-11-25-46(39)56-48(42)43)36-21-12-20-35(28-36)37-26-27-40-45(31-37)55-44-24-13-23-41(47(40)44)51-53-49(33-16-6-2-7-17-33)52-50(54-51)34-18-8-3-9-19-34/h1-31H. The smallest absolute Gasteiger partial charge is 0.164 e. The van der Waals surface area contributed by atoms with Gasteiger partial charge in [-0.3, -0.25) is 0 Å². The van der Waals surface area contributed by atoms with Crippen LogP contribution in [0.4, 0.5) is 0 Å². The average Bonchev–Trinajstić information content (AvgIpc) is 3.85. The molecule has 8 aromatic carbocycles. The van der Waals surface area contributed by atoms with Gasteiger partial charge in [0.1, 0.15) is 11.2 Å². The van der Waals surface area contributed by atoms with Crippen LogP contribution in [0.25, 0.3) is 110 Å². The molecule has 5 heteroatoms. The number of fused-ring (bicyclic) bond motifs is 6. The summed E-state index contributed by atoms with van der Waals surface area (Å²) in [5.74, 6) is 1.86. The van der Waals surface area contributed by atoms with Gasteiger partial charge in [-0.25, -0.2) is 15.0 Å². The van der Waals surface area contributed by atoms with Gasteiger partial charge in [0.15, 0.2) is 17.5 Å². The van der Waals surface area contributed by atoms with E-state index in [1.807, 2.05) is 84.1 Å². The van der Waals surface area contributed by atoms with Crippen LogP contribution in [0, 0.1) is 0 Å². The Morgan fingerprint density at radius 1 is 0.339 bits per heavy atom. The molecule has 0 unspecified atom stereocenters. The lowest BCUT2D eigenvalue weighted by Gasteiger charge is -2.11. The lowest BCUT2D eigenvalue weighted by atomic mass is 9.94. The van der Waals surface area contributed by atoms with Gasteiger partial charge < -0.3 is 4.42 Å². The maximum atomic E-state index is 6.60. The van der Waals surface area contributed by atoms with Crippen molar-refractivity contribution >= 4 is 53.4 Å². The lowest BCUT2D eigenvalue weighted by molar-refractivity contribution is 0.669. The second-order valence-electron chi connectivity index (χ2n) is 14.0. The lowest BCUT2D eigenvalue weighted by Crippen LogP contribution is -2.00. The molecular formula is C51H31N3OS. The van der Waals surface area contributed by atoms with Crippen molar-refractivity contribution in [1.29, 1.82) is 0 Å². The van der Waals surface area contributed by atoms with Crippen molar-refractivity contribution in [3.05, 3.63) is 188 Å². The number of aromatic nitrogens is 3. The van der Waals surface area contributed by atoms with E-state index in [-0.39, 0.29) is 0 Å². The summed E-state index contributed by atoms with van der Waals surface area (Å²) in [7, 11) is 0. The topological polar surface area (TPSA) is 51.8 Å². The van der Waals surface area contributed by atoms with Crippen LogP contribution < -0.4 is 0 Å². The molecule has 0 radical (unpaired) electrons. The van der Waals surface area contributed by atoms with Gasteiger partial charge >= 0.3 is 0 Å². The molecule has 0 bridgehead atoms. The molecule has 0 atom stereocenters. The van der Waals surface area contributed by atoms with Gasteiger partial charge in [-0.05, 0) is 70.3 Å². The van der Waals surface area contributed by atoms with Crippen molar-refractivity contribution in [2.45, 2.75) is 0 Å². The summed E-state index contributed by atoms with van der Waals surface area (Å²) in [6, 6.07) is 65.7. The number of benzene rings is 8. The first-order valence-corrected chi connectivity index (χ1v) is 19.5. The van der Waals surface area contributed by atoms with E-state index in [1.54, 1.807) is 0 Å². The summed E-state index contributed by atoms with van der Waals surface area (Å²) in [4.78, 5) is 15.0. The van der Waals surface area contributed by atoms with Gasteiger partial charge in [-0.15, -0.1) is 11.3 Å². The quantitative estimate of drug-likeness (QED) is 0.171. The molecule has 262 valence electrons. The van der Waals surface area contributed by atoms with Crippen LogP contribution in [0.1, 0.15) is 0 Å². The minimum absolute atomic E-state index is 0.605. The minimum atomic E-state index is 0.605. The zero-order valence-electron chi connectivity index (χ0n) is 30.1. The second-order valence-corrected chi connectivity index (χ2v) is 15.0. The molecule has 0 saturated carbocycles. The molecule has 3 heterocycles. The Bertz CT molecular complexity index is 3180. The molecule has 0 aliphatic carbocycles. The summed E-state index contributed by atoms with van der Waals surface area (Å²) >= 11 is 1.87. The molecule has 56 heavy (non-hydrogen) atoms. The van der Waals surface area contributed by atoms with E-state index in [9.17, 15) is 0 Å². The zero-order valence-corrected chi connectivity index (χ0v) is 30.9. The highest BCUT2D eigenvalue weighted by molar-refractivity contribution is 7.26. The number of rotatable bonds is 6. The Hall–Kier alpha value is -7.21. The van der Waals surface area contributed by atoms with Crippen LogP contribution in [-0.2, 0) is 0 Å². The van der Waals surface area contributed by atoms with Crippen molar-refractivity contribution in [2.24, 2.45) is 0 Å². The van der Waals surface area contributed by atoms with Crippen LogP contribution in [-0.4, -0.2) is 15.0 Å². The van der Waals surface area contributed by atoms with Crippen molar-refractivity contribution in [2.75, 3.05) is 0 Å². The van der Waals surface area contributed by atoms with Crippen molar-refractivity contribution < 1.29 is 4.42 Å². The van der Waals surface area contributed by atoms with Gasteiger partial charge in [0.05, 0.1) is 0 Å². The monoisotopic (exact) mass is 733 g/mol. The van der Waals surface area contributed by atoms with Crippen molar-refractivity contribution in [1.82, 2.24) is 15.0 Å². The first-order valence-electron chi connectivity index (χ1n) is 18.7. The zero-order chi connectivity index (χ0) is 37.0. The summed E-state index contributed by atoms with van der Waals surface area (Å²) in [6.45, 7) is 0. The Morgan fingerprint density at radius 2 is 0.929 bits per heavy atom. The van der Waals surface area contributed by atoms with Gasteiger partial charge in [-0.2, -0.15) is 0 Å². The normalized spacial score (nSPS) is 11.6. The first kappa shape index (κ1) is 32.2. The van der Waals surface area contributed by atoms with E-state index in [0.717, 1.165) is 49.8 Å². The van der Waals surface area contributed by atoms with Gasteiger partial charge in [-0.1, -0.05) is 146 Å². The molecule has 0 spiro atoms. The highest BCUT2D eigenvalue weighted by Crippen LogP contribution is 2.44. The highest BCUT2D eigenvalue weighted by Gasteiger charge is 2.19. The fourth-order valence-electron chi connectivity index (χ4n) is 7.82. The Labute approximate surface area is 327 Å². The summed E-state index contributed by atoms with van der Waals surface area (Å²) < 4.78 is 9.22. The molecule has 4 nitrogen and oxygen atoms in total. The van der Waals surface area contributed by atoms with Crippen LogP contribution in [0.2, 0.25) is 0 Å². The van der Waals surface area contributed by atoms with Crippen LogP contribution in [0.5, 0.6) is 0 Å². The maximum absolute atomic E-state index is 6.60. The molecule has 0 aliphatic rings. The molecular weight excluding hydrogens is 703 g/mol. The predicted octanol–water partition coefficient (Wildman–Crippen LogP) is 14.1. The van der Waals surface area contributed by atoms with E-state index in [4.69, 9.17) is 19.4 Å². The Kier molecular flexibility index (Phi) is 7.64. The number of hydrogen-bond acceptors (Lipinski definition) is 5. The third-order valence-electron chi connectivity index (χ3n) is 10.5. The third-order valence-corrected chi connectivity index (χ3v) is 11.7. The van der Waals surface area contributed by atoms with Crippen LogP contribution in [0.3, 0.4) is 0 Å². The van der Waals surface area contributed by atoms with E-state index in [2.05, 4.69) is 115 Å². The first-order chi connectivity index (χ1) is 27.7. The molecule has 0 aliphatic heterocycles. The summed E-state index contributed by atoms with van der Waals surface area (Å²) in [5, 5.41) is 4.58. The fourth-order valence-corrected chi connectivity index (χ4v) is 9.04. The molecule has 0 amide bonds. The van der Waals surface area contributed by atoms with Gasteiger partial charge in [0, 0.05) is 53.2 Å². The van der Waals surface area contributed by atoms with E-state index < -0.39 is 0 Å². The summed E-state index contributed by atoms with van der Waals surface area (Å²) in [5.41, 5.74) is 11.4.